The van der Waals surface area contributed by atoms with Crippen LogP contribution in [0.4, 0.5) is 0 Å². The first-order valence-electron chi connectivity index (χ1n) is 3.77. The van der Waals surface area contributed by atoms with Crippen molar-refractivity contribution in [2.24, 2.45) is 11.0 Å². The SMILES string of the molecule is CC1C=Cc2nc(S)cn2N=C1. The van der Waals surface area contributed by atoms with Crippen LogP contribution in [0.2, 0.25) is 0 Å². The fourth-order valence-corrected chi connectivity index (χ4v) is 1.26. The van der Waals surface area contributed by atoms with Gasteiger partial charge in [-0.3, -0.25) is 0 Å². The Morgan fingerprint density at radius 2 is 2.42 bits per heavy atom. The molecule has 12 heavy (non-hydrogen) atoms. The van der Waals surface area contributed by atoms with Gasteiger partial charge >= 0.3 is 0 Å². The quantitative estimate of drug-likeness (QED) is 0.603. The molecule has 1 aliphatic heterocycles. The Kier molecular flexibility index (Phi) is 1.77. The molecule has 0 aromatic carbocycles. The molecule has 0 N–H and O–H groups in total. The first-order chi connectivity index (χ1) is 5.75. The molecule has 0 radical (unpaired) electrons. The van der Waals surface area contributed by atoms with E-state index in [1.807, 2.05) is 12.3 Å². The van der Waals surface area contributed by atoms with Crippen molar-refractivity contribution in [1.82, 2.24) is 9.66 Å². The van der Waals surface area contributed by atoms with Crippen molar-refractivity contribution < 1.29 is 0 Å². The molecule has 3 nitrogen and oxygen atoms in total. The highest BCUT2D eigenvalue weighted by Gasteiger charge is 2.04. The van der Waals surface area contributed by atoms with Crippen LogP contribution in [-0.2, 0) is 0 Å². The third kappa shape index (κ3) is 1.30. The van der Waals surface area contributed by atoms with Crippen molar-refractivity contribution in [3.63, 3.8) is 0 Å². The van der Waals surface area contributed by atoms with Gasteiger partial charge < -0.3 is 0 Å². The smallest absolute Gasteiger partial charge is 0.154 e. The normalized spacial score (nSPS) is 20.7. The van der Waals surface area contributed by atoms with Gasteiger partial charge in [-0.15, -0.1) is 12.6 Å². The van der Waals surface area contributed by atoms with E-state index in [9.17, 15) is 0 Å². The van der Waals surface area contributed by atoms with E-state index < -0.39 is 0 Å². The van der Waals surface area contributed by atoms with E-state index in [1.165, 1.54) is 0 Å². The van der Waals surface area contributed by atoms with Crippen LogP contribution < -0.4 is 0 Å². The Labute approximate surface area is 76.2 Å². The van der Waals surface area contributed by atoms with Gasteiger partial charge in [-0.05, 0) is 6.08 Å². The zero-order valence-electron chi connectivity index (χ0n) is 6.68. The standard InChI is InChI=1S/C8H9N3S/c1-6-2-3-7-10-8(12)5-11(7)9-4-6/h2-6,12H,1H3. The predicted octanol–water partition coefficient (Wildman–Crippen LogP) is 1.67. The van der Waals surface area contributed by atoms with E-state index in [0.29, 0.717) is 10.9 Å². The van der Waals surface area contributed by atoms with Gasteiger partial charge in [0.15, 0.2) is 5.82 Å². The molecule has 1 atom stereocenters. The van der Waals surface area contributed by atoms with Crippen molar-refractivity contribution in [1.29, 1.82) is 0 Å². The van der Waals surface area contributed by atoms with Crippen molar-refractivity contribution in [2.75, 3.05) is 0 Å². The third-order valence-electron chi connectivity index (χ3n) is 1.68. The Morgan fingerprint density at radius 3 is 3.25 bits per heavy atom. The van der Waals surface area contributed by atoms with E-state index in [4.69, 9.17) is 0 Å². The fourth-order valence-electron chi connectivity index (χ4n) is 1.04. The lowest BCUT2D eigenvalue weighted by atomic mass is 10.2. The highest BCUT2D eigenvalue weighted by atomic mass is 32.1. The highest BCUT2D eigenvalue weighted by Crippen LogP contribution is 2.12. The Balaban J connectivity index is 2.49. The number of aromatic nitrogens is 2. The Hall–Kier alpha value is -1.03. The Bertz CT molecular complexity index is 320. The fraction of sp³-hybridized carbons (Fsp3) is 0.250. The molecule has 1 aromatic heterocycles. The van der Waals surface area contributed by atoms with Gasteiger partial charge in [0.25, 0.3) is 0 Å². The molecule has 4 heteroatoms. The van der Waals surface area contributed by atoms with Crippen LogP contribution in [0.5, 0.6) is 0 Å². The van der Waals surface area contributed by atoms with Gasteiger partial charge in [-0.2, -0.15) is 5.10 Å². The summed E-state index contributed by atoms with van der Waals surface area (Å²) in [6.07, 6.45) is 7.68. The van der Waals surface area contributed by atoms with Crippen LogP contribution in [-0.4, -0.2) is 15.9 Å². The van der Waals surface area contributed by atoms with Crippen LogP contribution in [0.15, 0.2) is 22.4 Å². The van der Waals surface area contributed by atoms with Gasteiger partial charge in [-0.25, -0.2) is 9.66 Å². The van der Waals surface area contributed by atoms with Gasteiger partial charge in [0.05, 0.1) is 6.20 Å². The zero-order valence-corrected chi connectivity index (χ0v) is 7.57. The number of rotatable bonds is 0. The second-order valence-electron chi connectivity index (χ2n) is 2.78. The maximum atomic E-state index is 4.21. The Morgan fingerprint density at radius 1 is 1.58 bits per heavy atom. The monoisotopic (exact) mass is 179 g/mol. The lowest BCUT2D eigenvalue weighted by Gasteiger charge is -1.91. The molecule has 0 fully saturated rings. The first kappa shape index (κ1) is 7.61. The summed E-state index contributed by atoms with van der Waals surface area (Å²) in [6, 6.07) is 0. The topological polar surface area (TPSA) is 30.2 Å². The summed E-state index contributed by atoms with van der Waals surface area (Å²) in [5, 5.41) is 4.90. The van der Waals surface area contributed by atoms with Crippen molar-refractivity contribution in [3.05, 3.63) is 18.1 Å². The number of hydrogen-bond acceptors (Lipinski definition) is 3. The molecule has 62 valence electrons. The molecule has 0 amide bonds. The minimum Gasteiger partial charge on any atom is -0.221 e. The van der Waals surface area contributed by atoms with Crippen LogP contribution in [0.1, 0.15) is 12.7 Å². The minimum atomic E-state index is 0.370. The lowest BCUT2D eigenvalue weighted by Crippen LogP contribution is -1.91. The molecule has 2 rings (SSSR count). The summed E-state index contributed by atoms with van der Waals surface area (Å²) in [5.41, 5.74) is 0. The van der Waals surface area contributed by atoms with Crippen molar-refractivity contribution in [3.8, 4) is 0 Å². The first-order valence-corrected chi connectivity index (χ1v) is 4.21. The van der Waals surface area contributed by atoms with E-state index in [0.717, 1.165) is 5.82 Å². The molecule has 0 spiro atoms. The van der Waals surface area contributed by atoms with E-state index in [2.05, 4.69) is 35.7 Å². The largest absolute Gasteiger partial charge is 0.221 e. The van der Waals surface area contributed by atoms with Gasteiger partial charge in [0.1, 0.15) is 5.03 Å². The number of hydrogen-bond donors (Lipinski definition) is 1. The number of thiol groups is 1. The van der Waals surface area contributed by atoms with Crippen molar-refractivity contribution >= 4 is 24.9 Å². The summed E-state index contributed by atoms with van der Waals surface area (Å²) in [7, 11) is 0. The maximum Gasteiger partial charge on any atom is 0.154 e. The predicted molar refractivity (Wildman–Crippen MR) is 51.6 cm³/mol. The molecule has 0 saturated carbocycles. The second kappa shape index (κ2) is 2.79. The van der Waals surface area contributed by atoms with Crippen LogP contribution in [0, 0.1) is 5.92 Å². The third-order valence-corrected chi connectivity index (χ3v) is 1.89. The molecular formula is C8H9N3S. The molecule has 0 aliphatic carbocycles. The van der Waals surface area contributed by atoms with Gasteiger partial charge in [0, 0.05) is 12.1 Å². The van der Waals surface area contributed by atoms with E-state index in [-0.39, 0.29) is 0 Å². The molecule has 1 unspecified atom stereocenters. The van der Waals surface area contributed by atoms with Gasteiger partial charge in [-0.1, -0.05) is 13.0 Å². The summed E-state index contributed by atoms with van der Waals surface area (Å²) in [4.78, 5) is 4.17. The zero-order chi connectivity index (χ0) is 8.55. The summed E-state index contributed by atoms with van der Waals surface area (Å²) < 4.78 is 1.72. The highest BCUT2D eigenvalue weighted by molar-refractivity contribution is 7.80. The molecule has 1 aromatic rings. The molecule has 0 saturated heterocycles. The van der Waals surface area contributed by atoms with E-state index in [1.54, 1.807) is 10.9 Å². The summed E-state index contributed by atoms with van der Waals surface area (Å²) in [6.45, 7) is 2.08. The van der Waals surface area contributed by atoms with Gasteiger partial charge in [0.2, 0.25) is 0 Å². The van der Waals surface area contributed by atoms with Crippen LogP contribution in [0.25, 0.3) is 6.08 Å². The van der Waals surface area contributed by atoms with Crippen LogP contribution >= 0.6 is 12.6 Å². The molecule has 2 heterocycles. The summed E-state index contributed by atoms with van der Waals surface area (Å²) in [5.74, 6) is 1.20. The summed E-state index contributed by atoms with van der Waals surface area (Å²) >= 11 is 4.13. The molecular weight excluding hydrogens is 170 g/mol. The molecule has 0 bridgehead atoms. The number of nitrogens with zero attached hydrogens (tertiary/aromatic N) is 3. The number of fused-ring (bicyclic) bond motifs is 1. The average molecular weight is 179 g/mol. The van der Waals surface area contributed by atoms with Crippen LogP contribution in [0.3, 0.4) is 0 Å². The average Bonchev–Trinajstić information content (AvgIpc) is 2.31. The number of imidazole rings is 1. The maximum absolute atomic E-state index is 4.21. The molecule has 1 aliphatic rings. The number of allylic oxidation sites excluding steroid dienone is 1. The van der Waals surface area contributed by atoms with Crippen molar-refractivity contribution in [2.45, 2.75) is 11.9 Å². The minimum absolute atomic E-state index is 0.370. The lowest BCUT2D eigenvalue weighted by molar-refractivity contribution is 0.859. The van der Waals surface area contributed by atoms with E-state index >= 15 is 0 Å². The second-order valence-corrected chi connectivity index (χ2v) is 3.24.